The van der Waals surface area contributed by atoms with Gasteiger partial charge in [-0.1, -0.05) is 0 Å². The molecule has 0 radical (unpaired) electrons. The molecular formula is C11H16N4O2. The first-order chi connectivity index (χ1) is 7.75. The van der Waals surface area contributed by atoms with Crippen molar-refractivity contribution < 1.29 is 0 Å². The Kier molecular flexibility index (Phi) is 2.27. The molecule has 92 valence electrons. The Bertz CT molecular complexity index is 697. The van der Waals surface area contributed by atoms with Crippen LogP contribution in [0.1, 0.15) is 20.8 Å². The summed E-state index contributed by atoms with van der Waals surface area (Å²) in [5.74, 6) is 0. The van der Waals surface area contributed by atoms with E-state index in [2.05, 4.69) is 4.98 Å². The van der Waals surface area contributed by atoms with Crippen molar-refractivity contribution in [2.75, 3.05) is 0 Å². The van der Waals surface area contributed by atoms with Crippen molar-refractivity contribution in [3.8, 4) is 0 Å². The second kappa shape index (κ2) is 3.32. The van der Waals surface area contributed by atoms with E-state index < -0.39 is 0 Å². The van der Waals surface area contributed by atoms with Crippen LogP contribution < -0.4 is 11.2 Å². The van der Waals surface area contributed by atoms with E-state index in [9.17, 15) is 9.59 Å². The second-order valence-electron chi connectivity index (χ2n) is 5.16. The van der Waals surface area contributed by atoms with Gasteiger partial charge in [0, 0.05) is 19.6 Å². The van der Waals surface area contributed by atoms with Crippen LogP contribution in [0.5, 0.6) is 0 Å². The molecule has 0 aliphatic rings. The maximum atomic E-state index is 12.1. The van der Waals surface area contributed by atoms with Gasteiger partial charge in [0.2, 0.25) is 0 Å². The van der Waals surface area contributed by atoms with Gasteiger partial charge in [0.15, 0.2) is 11.2 Å². The first-order valence-corrected chi connectivity index (χ1v) is 5.38. The van der Waals surface area contributed by atoms with Crippen LogP contribution >= 0.6 is 0 Å². The average Bonchev–Trinajstić information content (AvgIpc) is 2.67. The molecule has 0 amide bonds. The lowest BCUT2D eigenvalue weighted by Crippen LogP contribution is -2.38. The monoisotopic (exact) mass is 236 g/mol. The molecule has 0 fully saturated rings. The highest BCUT2D eigenvalue weighted by Gasteiger charge is 2.21. The largest absolute Gasteiger partial charge is 0.332 e. The normalized spacial score (nSPS) is 12.3. The molecule has 6 nitrogen and oxygen atoms in total. The number of imidazole rings is 1. The van der Waals surface area contributed by atoms with Crippen molar-refractivity contribution in [3.63, 3.8) is 0 Å². The SMILES string of the molecule is Cn1c(=O)c2c(ncn2C(C)(C)C)n(C)c1=O. The molecule has 0 aliphatic heterocycles. The fraction of sp³-hybridized carbons (Fsp3) is 0.545. The molecule has 0 aliphatic carbocycles. The van der Waals surface area contributed by atoms with Crippen molar-refractivity contribution in [2.24, 2.45) is 14.1 Å². The Morgan fingerprint density at radius 2 is 1.71 bits per heavy atom. The van der Waals surface area contributed by atoms with Crippen LogP contribution in [0.3, 0.4) is 0 Å². The van der Waals surface area contributed by atoms with E-state index in [0.29, 0.717) is 11.2 Å². The van der Waals surface area contributed by atoms with Crippen LogP contribution in [0.15, 0.2) is 15.9 Å². The number of aromatic nitrogens is 4. The quantitative estimate of drug-likeness (QED) is 0.656. The smallest absolute Gasteiger partial charge is 0.319 e. The number of fused-ring (bicyclic) bond motifs is 1. The van der Waals surface area contributed by atoms with Gasteiger partial charge in [-0.3, -0.25) is 13.9 Å². The van der Waals surface area contributed by atoms with Crippen LogP contribution in [0.25, 0.3) is 11.2 Å². The molecule has 0 N–H and O–H groups in total. The lowest BCUT2D eigenvalue weighted by molar-refractivity contribution is 0.406. The molecule has 2 rings (SSSR count). The number of aryl methyl sites for hydroxylation is 1. The highest BCUT2D eigenvalue weighted by atomic mass is 16.2. The summed E-state index contributed by atoms with van der Waals surface area (Å²) in [7, 11) is 3.09. The maximum Gasteiger partial charge on any atom is 0.332 e. The average molecular weight is 236 g/mol. The van der Waals surface area contributed by atoms with E-state index in [1.54, 1.807) is 17.9 Å². The summed E-state index contributed by atoms with van der Waals surface area (Å²) >= 11 is 0. The molecule has 0 unspecified atom stereocenters. The van der Waals surface area contributed by atoms with Crippen LogP contribution in [-0.2, 0) is 19.6 Å². The fourth-order valence-electron chi connectivity index (χ4n) is 1.85. The lowest BCUT2D eigenvalue weighted by Gasteiger charge is -2.21. The van der Waals surface area contributed by atoms with Gasteiger partial charge in [0.25, 0.3) is 5.56 Å². The zero-order valence-electron chi connectivity index (χ0n) is 10.7. The Morgan fingerprint density at radius 1 is 1.12 bits per heavy atom. The molecule has 0 bridgehead atoms. The van der Waals surface area contributed by atoms with E-state index >= 15 is 0 Å². The van der Waals surface area contributed by atoms with Crippen LogP contribution in [-0.4, -0.2) is 18.7 Å². The van der Waals surface area contributed by atoms with E-state index in [0.717, 1.165) is 4.57 Å². The highest BCUT2D eigenvalue weighted by molar-refractivity contribution is 5.70. The molecule has 2 heterocycles. The van der Waals surface area contributed by atoms with Gasteiger partial charge in [0.1, 0.15) is 0 Å². The van der Waals surface area contributed by atoms with Crippen LogP contribution in [0.2, 0.25) is 0 Å². The van der Waals surface area contributed by atoms with Crippen LogP contribution in [0.4, 0.5) is 0 Å². The predicted octanol–water partition coefficient (Wildman–Crippen LogP) is 0.189. The third kappa shape index (κ3) is 1.51. The third-order valence-corrected chi connectivity index (χ3v) is 2.87. The van der Waals surface area contributed by atoms with Gasteiger partial charge in [0.05, 0.1) is 6.33 Å². The van der Waals surface area contributed by atoms with E-state index in [-0.39, 0.29) is 16.8 Å². The summed E-state index contributed by atoms with van der Waals surface area (Å²) in [6, 6.07) is 0. The Balaban J connectivity index is 3.07. The van der Waals surface area contributed by atoms with Gasteiger partial charge < -0.3 is 4.57 Å². The minimum atomic E-state index is -0.360. The lowest BCUT2D eigenvalue weighted by atomic mass is 10.1. The van der Waals surface area contributed by atoms with Gasteiger partial charge in [-0.05, 0) is 20.8 Å². The minimum absolute atomic E-state index is 0.252. The van der Waals surface area contributed by atoms with Crippen molar-refractivity contribution in [1.82, 2.24) is 18.7 Å². The first-order valence-electron chi connectivity index (χ1n) is 5.38. The summed E-state index contributed by atoms with van der Waals surface area (Å²) in [5.41, 5.74) is -0.0366. The molecule has 0 atom stereocenters. The highest BCUT2D eigenvalue weighted by Crippen LogP contribution is 2.18. The number of nitrogens with zero attached hydrogens (tertiary/aromatic N) is 4. The third-order valence-electron chi connectivity index (χ3n) is 2.87. The second-order valence-corrected chi connectivity index (χ2v) is 5.16. The summed E-state index contributed by atoms with van der Waals surface area (Å²) in [4.78, 5) is 28.0. The Morgan fingerprint density at radius 3 is 2.24 bits per heavy atom. The predicted molar refractivity (Wildman–Crippen MR) is 65.2 cm³/mol. The van der Waals surface area contributed by atoms with Gasteiger partial charge in [-0.25, -0.2) is 9.78 Å². The Hall–Kier alpha value is -1.85. The molecule has 0 spiro atoms. The zero-order chi connectivity index (χ0) is 13.0. The minimum Gasteiger partial charge on any atom is -0.319 e. The number of hydrogen-bond donors (Lipinski definition) is 0. The zero-order valence-corrected chi connectivity index (χ0v) is 10.7. The molecule has 2 aromatic rings. The molecule has 0 saturated heterocycles. The summed E-state index contributed by atoms with van der Waals surface area (Å²) < 4.78 is 4.29. The number of rotatable bonds is 0. The molecule has 0 saturated carbocycles. The van der Waals surface area contributed by atoms with E-state index in [4.69, 9.17) is 0 Å². The molecule has 0 aromatic carbocycles. The van der Waals surface area contributed by atoms with Gasteiger partial charge in [-0.15, -0.1) is 0 Å². The van der Waals surface area contributed by atoms with Crippen LogP contribution in [0, 0.1) is 0 Å². The fourth-order valence-corrected chi connectivity index (χ4v) is 1.85. The van der Waals surface area contributed by atoms with Gasteiger partial charge in [-0.2, -0.15) is 0 Å². The topological polar surface area (TPSA) is 61.8 Å². The molecule has 17 heavy (non-hydrogen) atoms. The molecular weight excluding hydrogens is 220 g/mol. The van der Waals surface area contributed by atoms with Crippen molar-refractivity contribution in [1.29, 1.82) is 0 Å². The van der Waals surface area contributed by atoms with Crippen molar-refractivity contribution >= 4 is 11.2 Å². The first kappa shape index (κ1) is 11.6. The maximum absolute atomic E-state index is 12.1. The summed E-state index contributed by atoms with van der Waals surface area (Å²) in [5, 5.41) is 0. The Labute approximate surface area is 98.1 Å². The summed E-state index contributed by atoms with van der Waals surface area (Å²) in [6.45, 7) is 5.95. The van der Waals surface area contributed by atoms with Crippen molar-refractivity contribution in [2.45, 2.75) is 26.3 Å². The van der Waals surface area contributed by atoms with E-state index in [1.165, 1.54) is 11.6 Å². The molecule has 6 heteroatoms. The van der Waals surface area contributed by atoms with E-state index in [1.807, 2.05) is 20.8 Å². The number of hydrogen-bond acceptors (Lipinski definition) is 3. The van der Waals surface area contributed by atoms with Crippen molar-refractivity contribution in [3.05, 3.63) is 27.2 Å². The van der Waals surface area contributed by atoms with Gasteiger partial charge >= 0.3 is 5.69 Å². The molecule has 2 aromatic heterocycles. The summed E-state index contributed by atoms with van der Waals surface area (Å²) in [6.07, 6.45) is 1.60. The standard InChI is InChI=1S/C11H16N4O2/c1-11(2,3)15-6-12-8-7(15)9(16)14(5)10(17)13(8)4/h6H,1-5H3.